The van der Waals surface area contributed by atoms with Gasteiger partial charge in [0.25, 0.3) is 0 Å². The monoisotopic (exact) mass is 267 g/mol. The lowest BCUT2D eigenvalue weighted by Crippen LogP contribution is -2.21. The Balaban J connectivity index is 2.98. The maximum atomic E-state index is 11.4. The Morgan fingerprint density at radius 3 is 2.16 bits per heavy atom. The average molecular weight is 267 g/mol. The van der Waals surface area contributed by atoms with Crippen LogP contribution in [0.2, 0.25) is 0 Å². The molecule has 0 saturated heterocycles. The number of esters is 1. The van der Waals surface area contributed by atoms with Crippen molar-refractivity contribution in [1.29, 1.82) is 0 Å². The van der Waals surface area contributed by atoms with Crippen LogP contribution in [0.1, 0.15) is 24.9 Å². The zero-order valence-electron chi connectivity index (χ0n) is 11.8. The third-order valence-corrected chi connectivity index (χ3v) is 3.05. The van der Waals surface area contributed by atoms with Crippen molar-refractivity contribution in [2.75, 3.05) is 21.3 Å². The first-order valence-electron chi connectivity index (χ1n) is 6.09. The molecule has 0 aliphatic carbocycles. The zero-order valence-corrected chi connectivity index (χ0v) is 11.8. The van der Waals surface area contributed by atoms with E-state index in [0.29, 0.717) is 17.9 Å². The Labute approximate surface area is 113 Å². The molecule has 19 heavy (non-hydrogen) atoms. The molecule has 0 aliphatic heterocycles. The van der Waals surface area contributed by atoms with Crippen LogP contribution in [0, 0.1) is 5.92 Å². The van der Waals surface area contributed by atoms with Crippen LogP contribution in [0.3, 0.4) is 0 Å². The van der Waals surface area contributed by atoms with Crippen LogP contribution in [0.15, 0.2) is 18.2 Å². The van der Waals surface area contributed by atoms with E-state index in [9.17, 15) is 4.79 Å². The van der Waals surface area contributed by atoms with Crippen molar-refractivity contribution >= 4 is 5.97 Å². The molecule has 0 saturated carbocycles. The summed E-state index contributed by atoms with van der Waals surface area (Å²) >= 11 is 0. The second kappa shape index (κ2) is 6.99. The summed E-state index contributed by atoms with van der Waals surface area (Å²) in [7, 11) is 4.53. The molecule has 1 rings (SSSR count). The molecule has 2 N–H and O–H groups in total. The molecule has 1 aromatic carbocycles. The quantitative estimate of drug-likeness (QED) is 0.797. The second-order valence-electron chi connectivity index (χ2n) is 4.34. The van der Waals surface area contributed by atoms with Gasteiger partial charge in [-0.15, -0.1) is 0 Å². The molecule has 0 aliphatic rings. The summed E-state index contributed by atoms with van der Waals surface area (Å²) in [5.41, 5.74) is 6.94. The first-order chi connectivity index (χ1) is 9.04. The van der Waals surface area contributed by atoms with Crippen LogP contribution in [-0.4, -0.2) is 27.3 Å². The largest absolute Gasteiger partial charge is 0.496 e. The molecule has 5 nitrogen and oxygen atoms in total. The Hall–Kier alpha value is -1.75. The Kier molecular flexibility index (Phi) is 5.63. The summed E-state index contributed by atoms with van der Waals surface area (Å²) in [6.07, 6.45) is 0.462. The smallest absolute Gasteiger partial charge is 0.308 e. The van der Waals surface area contributed by atoms with Crippen LogP contribution in [-0.2, 0) is 9.53 Å². The maximum Gasteiger partial charge on any atom is 0.308 e. The Morgan fingerprint density at radius 1 is 1.21 bits per heavy atom. The number of ether oxygens (including phenoxy) is 3. The molecule has 2 atom stereocenters. The molecule has 0 aromatic heterocycles. The van der Waals surface area contributed by atoms with Gasteiger partial charge in [0.15, 0.2) is 0 Å². The highest BCUT2D eigenvalue weighted by Gasteiger charge is 2.23. The first-order valence-corrected chi connectivity index (χ1v) is 6.09. The van der Waals surface area contributed by atoms with E-state index >= 15 is 0 Å². The molecule has 0 unspecified atom stereocenters. The van der Waals surface area contributed by atoms with Crippen LogP contribution in [0.25, 0.3) is 0 Å². The van der Waals surface area contributed by atoms with Gasteiger partial charge in [0.1, 0.15) is 11.5 Å². The SMILES string of the molecule is COC(=O)[C@@H](C)C[C@@H](N)c1c(OC)cccc1OC. The average Bonchev–Trinajstić information content (AvgIpc) is 2.44. The minimum atomic E-state index is -0.361. The highest BCUT2D eigenvalue weighted by Crippen LogP contribution is 2.35. The summed E-state index contributed by atoms with van der Waals surface area (Å²) in [4.78, 5) is 11.4. The number of methoxy groups -OCH3 is 3. The molecule has 0 bridgehead atoms. The number of hydrogen-bond acceptors (Lipinski definition) is 5. The van der Waals surface area contributed by atoms with Gasteiger partial charge < -0.3 is 19.9 Å². The number of benzene rings is 1. The number of rotatable bonds is 6. The van der Waals surface area contributed by atoms with Gasteiger partial charge in [-0.25, -0.2) is 0 Å². The van der Waals surface area contributed by atoms with Crippen LogP contribution < -0.4 is 15.2 Å². The van der Waals surface area contributed by atoms with Crippen molar-refractivity contribution in [3.8, 4) is 11.5 Å². The Morgan fingerprint density at radius 2 is 1.74 bits per heavy atom. The third-order valence-electron chi connectivity index (χ3n) is 3.05. The van der Waals surface area contributed by atoms with Crippen molar-refractivity contribution in [2.24, 2.45) is 11.7 Å². The molecular weight excluding hydrogens is 246 g/mol. The minimum Gasteiger partial charge on any atom is -0.496 e. The lowest BCUT2D eigenvalue weighted by molar-refractivity contribution is -0.145. The maximum absolute atomic E-state index is 11.4. The van der Waals surface area contributed by atoms with Gasteiger partial charge in [-0.2, -0.15) is 0 Å². The first kappa shape index (κ1) is 15.3. The predicted octanol–water partition coefficient (Wildman–Crippen LogP) is 1.90. The minimum absolute atomic E-state index is 0.274. The summed E-state index contributed by atoms with van der Waals surface area (Å²) < 4.78 is 15.3. The van der Waals surface area contributed by atoms with E-state index in [1.54, 1.807) is 21.1 Å². The summed E-state index contributed by atoms with van der Waals surface area (Å²) in [5, 5.41) is 0. The van der Waals surface area contributed by atoms with Gasteiger partial charge >= 0.3 is 5.97 Å². The van der Waals surface area contributed by atoms with E-state index in [1.165, 1.54) is 7.11 Å². The van der Waals surface area contributed by atoms with Crippen molar-refractivity contribution in [1.82, 2.24) is 0 Å². The fraction of sp³-hybridized carbons (Fsp3) is 0.500. The molecule has 0 spiro atoms. The highest BCUT2D eigenvalue weighted by atomic mass is 16.5. The number of hydrogen-bond donors (Lipinski definition) is 1. The molecule has 0 amide bonds. The van der Waals surface area contributed by atoms with E-state index in [4.69, 9.17) is 19.9 Å². The van der Waals surface area contributed by atoms with Crippen LogP contribution in [0.5, 0.6) is 11.5 Å². The van der Waals surface area contributed by atoms with E-state index in [2.05, 4.69) is 0 Å². The normalized spacial score (nSPS) is 13.5. The molecule has 0 heterocycles. The van der Waals surface area contributed by atoms with Crippen LogP contribution >= 0.6 is 0 Å². The van der Waals surface area contributed by atoms with E-state index in [-0.39, 0.29) is 17.9 Å². The summed E-state index contributed by atoms with van der Waals surface area (Å²) in [5.74, 6) is 0.756. The predicted molar refractivity (Wildman–Crippen MR) is 72.3 cm³/mol. The van der Waals surface area contributed by atoms with Gasteiger partial charge in [-0.3, -0.25) is 4.79 Å². The molecule has 0 fully saturated rings. The second-order valence-corrected chi connectivity index (χ2v) is 4.34. The lowest BCUT2D eigenvalue weighted by Gasteiger charge is -2.20. The van der Waals surface area contributed by atoms with Crippen molar-refractivity contribution < 1.29 is 19.0 Å². The lowest BCUT2D eigenvalue weighted by atomic mass is 9.95. The van der Waals surface area contributed by atoms with Crippen LogP contribution in [0.4, 0.5) is 0 Å². The Bertz CT molecular complexity index is 411. The van der Waals surface area contributed by atoms with Gasteiger partial charge in [0, 0.05) is 6.04 Å². The van der Waals surface area contributed by atoms with E-state index in [1.807, 2.05) is 18.2 Å². The summed E-state index contributed by atoms with van der Waals surface area (Å²) in [6, 6.07) is 5.11. The molecule has 5 heteroatoms. The number of nitrogens with two attached hydrogens (primary N) is 1. The number of carbonyl (C=O) groups is 1. The van der Waals surface area contributed by atoms with Gasteiger partial charge in [0.05, 0.1) is 32.8 Å². The summed E-state index contributed by atoms with van der Waals surface area (Å²) in [6.45, 7) is 1.79. The fourth-order valence-corrected chi connectivity index (χ4v) is 2.04. The fourth-order valence-electron chi connectivity index (χ4n) is 2.04. The van der Waals surface area contributed by atoms with Crippen molar-refractivity contribution in [2.45, 2.75) is 19.4 Å². The van der Waals surface area contributed by atoms with Gasteiger partial charge in [-0.05, 0) is 18.6 Å². The number of carbonyl (C=O) groups excluding carboxylic acids is 1. The highest BCUT2D eigenvalue weighted by molar-refractivity contribution is 5.71. The van der Waals surface area contributed by atoms with Crippen molar-refractivity contribution in [3.05, 3.63) is 23.8 Å². The third kappa shape index (κ3) is 3.61. The molecule has 1 aromatic rings. The molecule has 0 radical (unpaired) electrons. The zero-order chi connectivity index (χ0) is 14.4. The molecule has 106 valence electrons. The van der Waals surface area contributed by atoms with Crippen molar-refractivity contribution in [3.63, 3.8) is 0 Å². The van der Waals surface area contributed by atoms with Gasteiger partial charge in [-0.1, -0.05) is 13.0 Å². The molecular formula is C14H21NO4. The van der Waals surface area contributed by atoms with E-state index < -0.39 is 0 Å². The standard InChI is InChI=1S/C14H21NO4/c1-9(14(16)19-4)8-10(15)13-11(17-2)6-5-7-12(13)18-3/h5-7,9-10H,8,15H2,1-4H3/t9-,10+/m0/s1. The van der Waals surface area contributed by atoms with E-state index in [0.717, 1.165) is 5.56 Å². The van der Waals surface area contributed by atoms with Gasteiger partial charge in [0.2, 0.25) is 0 Å². The topological polar surface area (TPSA) is 70.8 Å².